The Morgan fingerprint density at radius 3 is 2.69 bits per heavy atom. The zero-order valence-corrected chi connectivity index (χ0v) is 8.77. The second kappa shape index (κ2) is 6.01. The summed E-state index contributed by atoms with van der Waals surface area (Å²) in [7, 11) is 0. The van der Waals surface area contributed by atoms with E-state index in [1.807, 2.05) is 0 Å². The van der Waals surface area contributed by atoms with Crippen LogP contribution in [0.15, 0.2) is 0 Å². The summed E-state index contributed by atoms with van der Waals surface area (Å²) in [5.74, 6) is 6.52. The fourth-order valence-electron chi connectivity index (χ4n) is 1.54. The molecule has 1 heterocycles. The van der Waals surface area contributed by atoms with Gasteiger partial charge in [0.2, 0.25) is 0 Å². The summed E-state index contributed by atoms with van der Waals surface area (Å²) in [6, 6.07) is 0.468. The molecule has 1 aliphatic heterocycles. The van der Waals surface area contributed by atoms with Gasteiger partial charge in [-0.05, 0) is 32.5 Å². The molecule has 1 N–H and O–H groups in total. The third-order valence-corrected chi connectivity index (χ3v) is 2.53. The van der Waals surface area contributed by atoms with Gasteiger partial charge in [-0.1, -0.05) is 25.7 Å². The van der Waals surface area contributed by atoms with Crippen LogP contribution in [0, 0.1) is 11.8 Å². The van der Waals surface area contributed by atoms with Crippen LogP contribution in [0.1, 0.15) is 26.7 Å². The first-order valence-corrected chi connectivity index (χ1v) is 5.31. The molecule has 1 aliphatic rings. The summed E-state index contributed by atoms with van der Waals surface area (Å²) in [5.41, 5.74) is 0. The second-order valence-electron chi connectivity index (χ2n) is 3.43. The predicted octanol–water partition coefficient (Wildman–Crippen LogP) is 1.08. The van der Waals surface area contributed by atoms with Gasteiger partial charge in [0.1, 0.15) is 0 Å². The van der Waals surface area contributed by atoms with Gasteiger partial charge in [-0.15, -0.1) is 0 Å². The van der Waals surface area contributed by atoms with Crippen LogP contribution in [0.3, 0.4) is 0 Å². The Hall–Kier alpha value is -0.520. The van der Waals surface area contributed by atoms with Gasteiger partial charge in [0.15, 0.2) is 0 Å². The molecule has 1 fully saturated rings. The van der Waals surface area contributed by atoms with Crippen molar-refractivity contribution in [3.8, 4) is 11.8 Å². The minimum Gasteiger partial charge on any atom is -0.304 e. The van der Waals surface area contributed by atoms with Crippen molar-refractivity contribution < 1.29 is 0 Å². The standard InChI is InChI=1S/C11H20N2/c1-3-13(4-2)10-6-8-11-7-5-9-12-11/h11-12H,3-5,7,9-10H2,1-2H3/t11-/m0/s1. The van der Waals surface area contributed by atoms with E-state index in [-0.39, 0.29) is 0 Å². The Labute approximate surface area is 81.7 Å². The van der Waals surface area contributed by atoms with Gasteiger partial charge in [0.25, 0.3) is 0 Å². The summed E-state index contributed by atoms with van der Waals surface area (Å²) in [6.07, 6.45) is 2.51. The molecular weight excluding hydrogens is 160 g/mol. The first kappa shape index (κ1) is 10.6. The van der Waals surface area contributed by atoms with E-state index >= 15 is 0 Å². The molecule has 0 bridgehead atoms. The van der Waals surface area contributed by atoms with Crippen LogP contribution in [0.2, 0.25) is 0 Å². The summed E-state index contributed by atoms with van der Waals surface area (Å²) in [6.45, 7) is 8.63. The molecule has 2 nitrogen and oxygen atoms in total. The highest BCUT2D eigenvalue weighted by atomic mass is 15.1. The van der Waals surface area contributed by atoms with Crippen molar-refractivity contribution in [3.63, 3.8) is 0 Å². The van der Waals surface area contributed by atoms with Crippen LogP contribution in [-0.4, -0.2) is 37.1 Å². The number of hydrogen-bond acceptors (Lipinski definition) is 2. The van der Waals surface area contributed by atoms with Crippen LogP contribution in [0.4, 0.5) is 0 Å². The van der Waals surface area contributed by atoms with Crippen molar-refractivity contribution in [2.75, 3.05) is 26.2 Å². The first-order valence-electron chi connectivity index (χ1n) is 5.31. The highest BCUT2D eigenvalue weighted by molar-refractivity contribution is 5.10. The molecule has 0 spiro atoms. The largest absolute Gasteiger partial charge is 0.304 e. The summed E-state index contributed by atoms with van der Waals surface area (Å²) < 4.78 is 0. The lowest BCUT2D eigenvalue weighted by molar-refractivity contribution is 0.342. The molecule has 2 heteroatoms. The quantitative estimate of drug-likeness (QED) is 0.654. The molecule has 1 saturated heterocycles. The van der Waals surface area contributed by atoms with E-state index in [2.05, 4.69) is 35.9 Å². The van der Waals surface area contributed by atoms with E-state index in [9.17, 15) is 0 Å². The molecule has 0 aliphatic carbocycles. The van der Waals surface area contributed by atoms with Gasteiger partial charge in [0, 0.05) is 0 Å². The first-order chi connectivity index (χ1) is 6.36. The van der Waals surface area contributed by atoms with Crippen molar-refractivity contribution in [1.82, 2.24) is 10.2 Å². The van der Waals surface area contributed by atoms with Gasteiger partial charge in [0.05, 0.1) is 12.6 Å². The summed E-state index contributed by atoms with van der Waals surface area (Å²) >= 11 is 0. The number of nitrogens with zero attached hydrogens (tertiary/aromatic N) is 1. The third-order valence-electron chi connectivity index (χ3n) is 2.53. The molecule has 0 saturated carbocycles. The zero-order valence-electron chi connectivity index (χ0n) is 8.77. The molecule has 0 aromatic carbocycles. The maximum absolute atomic E-state index is 3.37. The molecule has 0 amide bonds. The van der Waals surface area contributed by atoms with Gasteiger partial charge in [-0.2, -0.15) is 0 Å². The molecule has 0 radical (unpaired) electrons. The van der Waals surface area contributed by atoms with Crippen LogP contribution < -0.4 is 5.32 Å². The maximum Gasteiger partial charge on any atom is 0.0690 e. The SMILES string of the molecule is CCN(CC)CC#C[C@@H]1CCCN1. The molecule has 1 rings (SSSR count). The van der Waals surface area contributed by atoms with Gasteiger partial charge in [-0.25, -0.2) is 0 Å². The normalized spacial score (nSPS) is 21.6. The Morgan fingerprint density at radius 2 is 2.15 bits per heavy atom. The lowest BCUT2D eigenvalue weighted by Gasteiger charge is -2.13. The Kier molecular flexibility index (Phi) is 4.88. The van der Waals surface area contributed by atoms with E-state index in [0.29, 0.717) is 6.04 Å². The van der Waals surface area contributed by atoms with E-state index in [1.54, 1.807) is 0 Å². The van der Waals surface area contributed by atoms with E-state index < -0.39 is 0 Å². The lowest BCUT2D eigenvalue weighted by Crippen LogP contribution is -2.24. The summed E-state index contributed by atoms with van der Waals surface area (Å²) in [5, 5.41) is 3.37. The highest BCUT2D eigenvalue weighted by Gasteiger charge is 2.09. The number of nitrogens with one attached hydrogen (secondary N) is 1. The zero-order chi connectivity index (χ0) is 9.52. The van der Waals surface area contributed by atoms with Gasteiger partial charge >= 0.3 is 0 Å². The minimum atomic E-state index is 0.468. The topological polar surface area (TPSA) is 15.3 Å². The molecular formula is C11H20N2. The van der Waals surface area contributed by atoms with Crippen LogP contribution >= 0.6 is 0 Å². The third kappa shape index (κ3) is 3.80. The monoisotopic (exact) mass is 180 g/mol. The highest BCUT2D eigenvalue weighted by Crippen LogP contribution is 2.02. The van der Waals surface area contributed by atoms with E-state index in [4.69, 9.17) is 0 Å². The Morgan fingerprint density at radius 1 is 1.38 bits per heavy atom. The average Bonchev–Trinajstić information content (AvgIpc) is 2.65. The van der Waals surface area contributed by atoms with Crippen molar-refractivity contribution in [3.05, 3.63) is 0 Å². The van der Waals surface area contributed by atoms with Crippen molar-refractivity contribution >= 4 is 0 Å². The van der Waals surface area contributed by atoms with E-state index in [0.717, 1.165) is 26.2 Å². The lowest BCUT2D eigenvalue weighted by atomic mass is 10.2. The number of hydrogen-bond donors (Lipinski definition) is 1. The van der Waals surface area contributed by atoms with E-state index in [1.165, 1.54) is 12.8 Å². The predicted molar refractivity (Wildman–Crippen MR) is 56.6 cm³/mol. The van der Waals surface area contributed by atoms with Gasteiger partial charge < -0.3 is 5.32 Å². The van der Waals surface area contributed by atoms with Crippen LogP contribution in [0.25, 0.3) is 0 Å². The molecule has 74 valence electrons. The molecule has 0 unspecified atom stereocenters. The maximum atomic E-state index is 3.37. The molecule has 0 aromatic rings. The van der Waals surface area contributed by atoms with Crippen molar-refractivity contribution in [2.24, 2.45) is 0 Å². The fraction of sp³-hybridized carbons (Fsp3) is 0.818. The Bertz CT molecular complexity index is 180. The summed E-state index contributed by atoms with van der Waals surface area (Å²) in [4.78, 5) is 2.34. The molecule has 13 heavy (non-hydrogen) atoms. The smallest absolute Gasteiger partial charge is 0.0690 e. The van der Waals surface area contributed by atoms with Crippen molar-refractivity contribution in [1.29, 1.82) is 0 Å². The van der Waals surface area contributed by atoms with Crippen molar-refractivity contribution in [2.45, 2.75) is 32.7 Å². The fourth-order valence-corrected chi connectivity index (χ4v) is 1.54. The second-order valence-corrected chi connectivity index (χ2v) is 3.43. The molecule has 0 aromatic heterocycles. The van der Waals surface area contributed by atoms with Gasteiger partial charge in [-0.3, -0.25) is 4.90 Å². The average molecular weight is 180 g/mol. The minimum absolute atomic E-state index is 0.468. The Balaban J connectivity index is 2.21. The van der Waals surface area contributed by atoms with Crippen LogP contribution in [0.5, 0.6) is 0 Å². The van der Waals surface area contributed by atoms with Crippen LogP contribution in [-0.2, 0) is 0 Å². The molecule has 1 atom stereocenters. The number of rotatable bonds is 3.